The van der Waals surface area contributed by atoms with Crippen molar-refractivity contribution < 1.29 is 4.79 Å². The molecular formula is C15H22N2O. The van der Waals surface area contributed by atoms with Crippen LogP contribution in [0.3, 0.4) is 0 Å². The van der Waals surface area contributed by atoms with Gasteiger partial charge in [-0.15, -0.1) is 0 Å². The van der Waals surface area contributed by atoms with Gasteiger partial charge in [0, 0.05) is 25.6 Å². The third-order valence-electron chi connectivity index (χ3n) is 3.78. The van der Waals surface area contributed by atoms with Crippen molar-refractivity contribution in [2.75, 3.05) is 13.1 Å². The molecule has 2 atom stereocenters. The Labute approximate surface area is 109 Å². The molecule has 0 unspecified atom stereocenters. The van der Waals surface area contributed by atoms with Crippen molar-refractivity contribution in [3.63, 3.8) is 0 Å². The molecule has 0 aliphatic carbocycles. The second kappa shape index (κ2) is 5.53. The normalized spacial score (nSPS) is 21.1. The summed E-state index contributed by atoms with van der Waals surface area (Å²) in [5, 5.41) is 0. The molecule has 0 saturated carbocycles. The minimum Gasteiger partial charge on any atom is -0.341 e. The molecule has 0 bridgehead atoms. The van der Waals surface area contributed by atoms with E-state index in [4.69, 9.17) is 5.73 Å². The fraction of sp³-hybridized carbons (Fsp3) is 0.533. The van der Waals surface area contributed by atoms with Crippen LogP contribution >= 0.6 is 0 Å². The average Bonchev–Trinajstić information content (AvgIpc) is 2.76. The van der Waals surface area contributed by atoms with E-state index in [0.717, 1.165) is 19.5 Å². The number of nitrogens with two attached hydrogens (primary N) is 1. The van der Waals surface area contributed by atoms with Crippen LogP contribution in [0.1, 0.15) is 36.8 Å². The lowest BCUT2D eigenvalue weighted by molar-refractivity contribution is -0.130. The van der Waals surface area contributed by atoms with E-state index >= 15 is 0 Å². The summed E-state index contributed by atoms with van der Waals surface area (Å²) < 4.78 is 0. The summed E-state index contributed by atoms with van der Waals surface area (Å²) in [5.74, 6) is 0.509. The van der Waals surface area contributed by atoms with Crippen molar-refractivity contribution in [1.29, 1.82) is 0 Å². The Balaban J connectivity index is 1.97. The van der Waals surface area contributed by atoms with Crippen molar-refractivity contribution in [2.45, 2.75) is 38.6 Å². The monoisotopic (exact) mass is 246 g/mol. The largest absolute Gasteiger partial charge is 0.341 e. The van der Waals surface area contributed by atoms with Gasteiger partial charge in [-0.3, -0.25) is 4.79 Å². The van der Waals surface area contributed by atoms with Crippen LogP contribution in [0.5, 0.6) is 0 Å². The molecule has 1 aromatic rings. The number of hydrogen-bond acceptors (Lipinski definition) is 2. The highest BCUT2D eigenvalue weighted by Gasteiger charge is 2.25. The highest BCUT2D eigenvalue weighted by atomic mass is 16.2. The van der Waals surface area contributed by atoms with Crippen molar-refractivity contribution in [3.8, 4) is 0 Å². The van der Waals surface area contributed by atoms with Crippen LogP contribution in [0.25, 0.3) is 0 Å². The minimum absolute atomic E-state index is 0.169. The number of rotatable bonds is 3. The molecule has 1 aliphatic rings. The topological polar surface area (TPSA) is 46.3 Å². The average molecular weight is 246 g/mol. The predicted molar refractivity (Wildman–Crippen MR) is 73.4 cm³/mol. The van der Waals surface area contributed by atoms with E-state index in [1.165, 1.54) is 11.1 Å². The third-order valence-corrected chi connectivity index (χ3v) is 3.78. The Hall–Kier alpha value is -1.35. The van der Waals surface area contributed by atoms with Gasteiger partial charge in [0.1, 0.15) is 0 Å². The second-order valence-electron chi connectivity index (χ2n) is 5.35. The maximum absolute atomic E-state index is 12.2. The number of nitrogens with zero attached hydrogens (tertiary/aromatic N) is 1. The molecule has 3 heteroatoms. The van der Waals surface area contributed by atoms with Gasteiger partial charge in [-0.2, -0.15) is 0 Å². The van der Waals surface area contributed by atoms with Crippen LogP contribution in [0, 0.1) is 6.92 Å². The number of amides is 1. The molecule has 18 heavy (non-hydrogen) atoms. The van der Waals surface area contributed by atoms with E-state index in [1.807, 2.05) is 17.0 Å². The first-order valence-corrected chi connectivity index (χ1v) is 6.67. The van der Waals surface area contributed by atoms with Gasteiger partial charge in [-0.1, -0.05) is 31.2 Å². The summed E-state index contributed by atoms with van der Waals surface area (Å²) >= 11 is 0. The van der Waals surface area contributed by atoms with E-state index < -0.39 is 0 Å². The van der Waals surface area contributed by atoms with E-state index in [0.29, 0.717) is 6.42 Å². The molecule has 1 aliphatic heterocycles. The smallest absolute Gasteiger partial charge is 0.223 e. The van der Waals surface area contributed by atoms with E-state index in [1.54, 1.807) is 0 Å². The van der Waals surface area contributed by atoms with Gasteiger partial charge in [0.15, 0.2) is 0 Å². The number of likely N-dealkylation sites (tertiary alicyclic amines) is 1. The van der Waals surface area contributed by atoms with Gasteiger partial charge in [-0.25, -0.2) is 0 Å². The van der Waals surface area contributed by atoms with Crippen LogP contribution in [-0.4, -0.2) is 29.9 Å². The summed E-state index contributed by atoms with van der Waals surface area (Å²) in [5.41, 5.74) is 8.37. The SMILES string of the molecule is Cc1ccccc1[C@H](C)CC(=O)N1CC[C@@H](N)C1. The number of carbonyl (C=O) groups excluding carboxylic acids is 1. The first kappa shape index (κ1) is 13.1. The van der Waals surface area contributed by atoms with Crippen molar-refractivity contribution in [2.24, 2.45) is 5.73 Å². The maximum atomic E-state index is 12.2. The fourth-order valence-electron chi connectivity index (χ4n) is 2.65. The number of carbonyl (C=O) groups is 1. The Morgan fingerprint density at radius 2 is 2.22 bits per heavy atom. The van der Waals surface area contributed by atoms with Gasteiger partial charge in [0.2, 0.25) is 5.91 Å². The summed E-state index contributed by atoms with van der Waals surface area (Å²) in [4.78, 5) is 14.1. The molecule has 0 aromatic heterocycles. The van der Waals surface area contributed by atoms with Crippen LogP contribution in [-0.2, 0) is 4.79 Å². The first-order chi connectivity index (χ1) is 8.58. The van der Waals surface area contributed by atoms with E-state index in [2.05, 4.69) is 26.0 Å². The van der Waals surface area contributed by atoms with Gasteiger partial charge < -0.3 is 10.6 Å². The van der Waals surface area contributed by atoms with Crippen LogP contribution in [0.15, 0.2) is 24.3 Å². The molecule has 0 spiro atoms. The summed E-state index contributed by atoms with van der Waals surface area (Å²) in [6, 6.07) is 8.45. The lowest BCUT2D eigenvalue weighted by Gasteiger charge is -2.20. The second-order valence-corrected chi connectivity index (χ2v) is 5.35. The Morgan fingerprint density at radius 3 is 2.83 bits per heavy atom. The maximum Gasteiger partial charge on any atom is 0.223 e. The molecular weight excluding hydrogens is 224 g/mol. The van der Waals surface area contributed by atoms with E-state index in [9.17, 15) is 4.79 Å². The summed E-state index contributed by atoms with van der Waals surface area (Å²) in [6.07, 6.45) is 1.52. The van der Waals surface area contributed by atoms with Gasteiger partial charge in [-0.05, 0) is 30.4 Å². The summed E-state index contributed by atoms with van der Waals surface area (Å²) in [7, 11) is 0. The minimum atomic E-state index is 0.169. The zero-order valence-corrected chi connectivity index (χ0v) is 11.2. The molecule has 1 amide bonds. The predicted octanol–water partition coefficient (Wildman–Crippen LogP) is 2.05. The molecule has 2 rings (SSSR count). The zero-order chi connectivity index (χ0) is 13.1. The van der Waals surface area contributed by atoms with Gasteiger partial charge >= 0.3 is 0 Å². The van der Waals surface area contributed by atoms with Gasteiger partial charge in [0.05, 0.1) is 0 Å². The Bertz CT molecular complexity index is 430. The number of hydrogen-bond donors (Lipinski definition) is 1. The molecule has 1 fully saturated rings. The van der Waals surface area contributed by atoms with Crippen molar-refractivity contribution in [3.05, 3.63) is 35.4 Å². The molecule has 1 heterocycles. The lowest BCUT2D eigenvalue weighted by Crippen LogP contribution is -2.32. The first-order valence-electron chi connectivity index (χ1n) is 6.67. The molecule has 98 valence electrons. The summed E-state index contributed by atoms with van der Waals surface area (Å²) in [6.45, 7) is 5.76. The van der Waals surface area contributed by atoms with Gasteiger partial charge in [0.25, 0.3) is 0 Å². The van der Waals surface area contributed by atoms with Crippen LogP contribution < -0.4 is 5.73 Å². The quantitative estimate of drug-likeness (QED) is 0.887. The molecule has 1 saturated heterocycles. The standard InChI is InChI=1S/C15H22N2O/c1-11-5-3-4-6-14(11)12(2)9-15(18)17-8-7-13(16)10-17/h3-6,12-13H,7-10,16H2,1-2H3/t12-,13-/m1/s1. The lowest BCUT2D eigenvalue weighted by atomic mass is 9.93. The molecule has 2 N–H and O–H groups in total. The number of benzene rings is 1. The number of aryl methyl sites for hydroxylation is 1. The highest BCUT2D eigenvalue weighted by Crippen LogP contribution is 2.23. The van der Waals surface area contributed by atoms with Crippen molar-refractivity contribution >= 4 is 5.91 Å². The highest BCUT2D eigenvalue weighted by molar-refractivity contribution is 5.77. The Morgan fingerprint density at radius 1 is 1.50 bits per heavy atom. The van der Waals surface area contributed by atoms with E-state index in [-0.39, 0.29) is 17.9 Å². The van der Waals surface area contributed by atoms with Crippen LogP contribution in [0.2, 0.25) is 0 Å². The third kappa shape index (κ3) is 2.91. The Kier molecular flexibility index (Phi) is 4.02. The molecule has 1 aromatic carbocycles. The van der Waals surface area contributed by atoms with Crippen LogP contribution in [0.4, 0.5) is 0 Å². The zero-order valence-electron chi connectivity index (χ0n) is 11.2. The molecule has 0 radical (unpaired) electrons. The molecule has 3 nitrogen and oxygen atoms in total. The van der Waals surface area contributed by atoms with Crippen molar-refractivity contribution in [1.82, 2.24) is 4.90 Å². The fourth-order valence-corrected chi connectivity index (χ4v) is 2.65.